The molecule has 0 radical (unpaired) electrons. The number of benzene rings is 2. The van der Waals surface area contributed by atoms with Crippen LogP contribution in [0.2, 0.25) is 0 Å². The first-order valence-corrected chi connectivity index (χ1v) is 8.62. The van der Waals surface area contributed by atoms with Crippen molar-refractivity contribution in [3.63, 3.8) is 0 Å². The van der Waals surface area contributed by atoms with Gasteiger partial charge in [-0.25, -0.2) is 0 Å². The van der Waals surface area contributed by atoms with Crippen LogP contribution in [0.1, 0.15) is 21.5 Å². The highest BCUT2D eigenvalue weighted by atomic mass is 79.9. The van der Waals surface area contributed by atoms with Gasteiger partial charge in [-0.2, -0.15) is 5.10 Å². The largest absolute Gasteiger partial charge is 0.489 e. The van der Waals surface area contributed by atoms with Crippen molar-refractivity contribution in [1.82, 2.24) is 15.1 Å². The zero-order valence-electron chi connectivity index (χ0n) is 13.8. The third-order valence-electron chi connectivity index (χ3n) is 3.60. The Labute approximate surface area is 154 Å². The van der Waals surface area contributed by atoms with Gasteiger partial charge < -0.3 is 10.1 Å². The van der Waals surface area contributed by atoms with Gasteiger partial charge in [0.15, 0.2) is 0 Å². The average Bonchev–Trinajstić information content (AvgIpc) is 3.03. The second kappa shape index (κ2) is 7.98. The zero-order chi connectivity index (χ0) is 17.6. The number of carbonyl (C=O) groups excluding carboxylic acids is 1. The third kappa shape index (κ3) is 4.93. The van der Waals surface area contributed by atoms with Crippen LogP contribution in [0, 0.1) is 0 Å². The van der Waals surface area contributed by atoms with E-state index >= 15 is 0 Å². The molecule has 1 N–H and O–H groups in total. The summed E-state index contributed by atoms with van der Waals surface area (Å²) < 4.78 is 8.44. The Morgan fingerprint density at radius 3 is 2.80 bits per heavy atom. The van der Waals surface area contributed by atoms with E-state index in [1.165, 1.54) is 0 Å². The van der Waals surface area contributed by atoms with Crippen LogP contribution >= 0.6 is 15.9 Å². The summed E-state index contributed by atoms with van der Waals surface area (Å²) in [4.78, 5) is 12.3. The van der Waals surface area contributed by atoms with Crippen LogP contribution in [0.5, 0.6) is 5.75 Å². The standard InChI is InChI=1S/C19H18BrN3O2/c1-23-12-15(11-22-23)10-21-19(24)16-5-2-4-14(8-16)13-25-18-7-3-6-17(20)9-18/h2-9,11-12H,10,13H2,1H3,(H,21,24). The molecule has 0 unspecified atom stereocenters. The van der Waals surface area contributed by atoms with Crippen LogP contribution in [0.15, 0.2) is 65.4 Å². The Morgan fingerprint density at radius 1 is 1.20 bits per heavy atom. The molecule has 5 nitrogen and oxygen atoms in total. The fourth-order valence-corrected chi connectivity index (χ4v) is 2.75. The van der Waals surface area contributed by atoms with Crippen molar-refractivity contribution in [3.8, 4) is 5.75 Å². The second-order valence-electron chi connectivity index (χ2n) is 5.65. The van der Waals surface area contributed by atoms with E-state index in [2.05, 4.69) is 26.3 Å². The number of amides is 1. The molecule has 1 aromatic heterocycles. The maximum Gasteiger partial charge on any atom is 0.251 e. The Hall–Kier alpha value is -2.60. The number of ether oxygens (including phenoxy) is 1. The Morgan fingerprint density at radius 2 is 2.04 bits per heavy atom. The molecule has 2 aromatic carbocycles. The van der Waals surface area contributed by atoms with Crippen LogP contribution in [0.3, 0.4) is 0 Å². The lowest BCUT2D eigenvalue weighted by molar-refractivity contribution is 0.0950. The van der Waals surface area contributed by atoms with Gasteiger partial charge in [-0.15, -0.1) is 0 Å². The molecule has 6 heteroatoms. The van der Waals surface area contributed by atoms with Crippen molar-refractivity contribution in [2.75, 3.05) is 0 Å². The van der Waals surface area contributed by atoms with Crippen molar-refractivity contribution in [2.24, 2.45) is 7.05 Å². The van der Waals surface area contributed by atoms with Crippen LogP contribution in [-0.4, -0.2) is 15.7 Å². The lowest BCUT2D eigenvalue weighted by Crippen LogP contribution is -2.22. The van der Waals surface area contributed by atoms with Crippen LogP contribution < -0.4 is 10.1 Å². The summed E-state index contributed by atoms with van der Waals surface area (Å²) in [5.74, 6) is 0.661. The molecule has 0 aliphatic rings. The molecule has 25 heavy (non-hydrogen) atoms. The summed E-state index contributed by atoms with van der Waals surface area (Å²) >= 11 is 3.42. The fraction of sp³-hybridized carbons (Fsp3) is 0.158. The minimum absolute atomic E-state index is 0.117. The van der Waals surface area contributed by atoms with E-state index in [0.29, 0.717) is 18.7 Å². The average molecular weight is 400 g/mol. The summed E-state index contributed by atoms with van der Waals surface area (Å²) in [5.41, 5.74) is 2.51. The van der Waals surface area contributed by atoms with Crippen molar-refractivity contribution in [1.29, 1.82) is 0 Å². The fourth-order valence-electron chi connectivity index (χ4n) is 2.37. The van der Waals surface area contributed by atoms with Crippen LogP contribution in [0.4, 0.5) is 0 Å². The normalized spacial score (nSPS) is 10.5. The number of aromatic nitrogens is 2. The molecule has 1 heterocycles. The van der Waals surface area contributed by atoms with Gasteiger partial charge in [0, 0.05) is 35.4 Å². The molecule has 0 fully saturated rings. The van der Waals surface area contributed by atoms with Gasteiger partial charge in [-0.3, -0.25) is 9.48 Å². The van der Waals surface area contributed by atoms with Crippen molar-refractivity contribution in [2.45, 2.75) is 13.2 Å². The summed E-state index contributed by atoms with van der Waals surface area (Å²) in [5, 5.41) is 6.98. The van der Waals surface area contributed by atoms with E-state index in [1.807, 2.05) is 55.7 Å². The Balaban J connectivity index is 1.59. The van der Waals surface area contributed by atoms with Gasteiger partial charge >= 0.3 is 0 Å². The van der Waals surface area contributed by atoms with Crippen molar-refractivity contribution in [3.05, 3.63) is 82.1 Å². The molecule has 0 bridgehead atoms. The molecular weight excluding hydrogens is 382 g/mol. The minimum Gasteiger partial charge on any atom is -0.489 e. The zero-order valence-corrected chi connectivity index (χ0v) is 15.4. The molecule has 0 saturated heterocycles. The lowest BCUT2D eigenvalue weighted by Gasteiger charge is -2.09. The summed E-state index contributed by atoms with van der Waals surface area (Å²) in [6, 6.07) is 15.1. The molecule has 0 spiro atoms. The van der Waals surface area contributed by atoms with E-state index in [9.17, 15) is 4.79 Å². The first kappa shape index (κ1) is 17.2. The van der Waals surface area contributed by atoms with Gasteiger partial charge in [0.05, 0.1) is 6.20 Å². The quantitative estimate of drug-likeness (QED) is 0.687. The van der Waals surface area contributed by atoms with Crippen molar-refractivity contribution < 1.29 is 9.53 Å². The van der Waals surface area contributed by atoms with Crippen LogP contribution in [0.25, 0.3) is 0 Å². The molecule has 0 atom stereocenters. The monoisotopic (exact) mass is 399 g/mol. The predicted molar refractivity (Wildman–Crippen MR) is 99.3 cm³/mol. The smallest absolute Gasteiger partial charge is 0.251 e. The van der Waals surface area contributed by atoms with E-state index in [-0.39, 0.29) is 5.91 Å². The van der Waals surface area contributed by atoms with Gasteiger partial charge in [-0.05, 0) is 35.9 Å². The number of aryl methyl sites for hydroxylation is 1. The predicted octanol–water partition coefficient (Wildman–Crippen LogP) is 3.69. The highest BCUT2D eigenvalue weighted by Crippen LogP contribution is 2.19. The highest BCUT2D eigenvalue weighted by molar-refractivity contribution is 9.10. The minimum atomic E-state index is -0.117. The highest BCUT2D eigenvalue weighted by Gasteiger charge is 2.07. The Kier molecular flexibility index (Phi) is 5.50. The summed E-state index contributed by atoms with van der Waals surface area (Å²) in [6.07, 6.45) is 3.62. The number of halogens is 1. The number of rotatable bonds is 6. The number of nitrogens with one attached hydrogen (secondary N) is 1. The first-order valence-electron chi connectivity index (χ1n) is 7.83. The van der Waals surface area contributed by atoms with E-state index < -0.39 is 0 Å². The maximum absolute atomic E-state index is 12.3. The molecule has 128 valence electrons. The molecule has 1 amide bonds. The van der Waals surface area contributed by atoms with Crippen LogP contribution in [-0.2, 0) is 20.2 Å². The molecule has 0 aliphatic carbocycles. The van der Waals surface area contributed by atoms with Gasteiger partial charge in [-0.1, -0.05) is 34.1 Å². The third-order valence-corrected chi connectivity index (χ3v) is 4.10. The second-order valence-corrected chi connectivity index (χ2v) is 6.57. The Bertz CT molecular complexity index is 876. The van der Waals surface area contributed by atoms with Gasteiger partial charge in [0.25, 0.3) is 5.91 Å². The molecule has 3 aromatic rings. The SMILES string of the molecule is Cn1cc(CNC(=O)c2cccc(COc3cccc(Br)c3)c2)cn1. The lowest BCUT2D eigenvalue weighted by atomic mass is 10.1. The number of nitrogens with zero attached hydrogens (tertiary/aromatic N) is 2. The van der Waals surface area contributed by atoms with E-state index in [0.717, 1.165) is 21.3 Å². The van der Waals surface area contributed by atoms with Gasteiger partial charge in [0.1, 0.15) is 12.4 Å². The number of hydrogen-bond acceptors (Lipinski definition) is 3. The molecule has 0 aliphatic heterocycles. The van der Waals surface area contributed by atoms with E-state index in [4.69, 9.17) is 4.74 Å². The van der Waals surface area contributed by atoms with Gasteiger partial charge in [0.2, 0.25) is 0 Å². The summed E-state index contributed by atoms with van der Waals surface area (Å²) in [7, 11) is 1.85. The molecule has 3 rings (SSSR count). The topological polar surface area (TPSA) is 56.2 Å². The summed E-state index contributed by atoms with van der Waals surface area (Å²) in [6.45, 7) is 0.853. The van der Waals surface area contributed by atoms with E-state index in [1.54, 1.807) is 16.9 Å². The first-order chi connectivity index (χ1) is 12.1. The van der Waals surface area contributed by atoms with Crippen molar-refractivity contribution >= 4 is 21.8 Å². The molecular formula is C19H18BrN3O2. The number of carbonyl (C=O) groups is 1. The molecule has 0 saturated carbocycles. The number of hydrogen-bond donors (Lipinski definition) is 1. The maximum atomic E-state index is 12.3.